The molecular formula is C16H15Br2NO2. The summed E-state index contributed by atoms with van der Waals surface area (Å²) in [6.07, 6.45) is 1.86. The third kappa shape index (κ3) is 2.50. The van der Waals surface area contributed by atoms with E-state index >= 15 is 0 Å². The van der Waals surface area contributed by atoms with E-state index in [9.17, 15) is 9.90 Å². The number of carbonyl (C=O) groups is 1. The molecule has 0 radical (unpaired) electrons. The van der Waals surface area contributed by atoms with Crippen LogP contribution in [0.15, 0.2) is 21.1 Å². The number of hydrogen-bond acceptors (Lipinski definition) is 2. The van der Waals surface area contributed by atoms with Gasteiger partial charge >= 0.3 is 5.97 Å². The van der Waals surface area contributed by atoms with Crippen molar-refractivity contribution in [2.24, 2.45) is 5.92 Å². The Morgan fingerprint density at radius 3 is 2.71 bits per heavy atom. The van der Waals surface area contributed by atoms with Crippen LogP contribution in [0, 0.1) is 5.92 Å². The molecule has 0 aliphatic heterocycles. The molecule has 1 aromatic carbocycles. The first kappa shape index (κ1) is 15.0. The number of nitrogens with zero attached hydrogens (tertiary/aromatic N) is 1. The van der Waals surface area contributed by atoms with Gasteiger partial charge in [0.05, 0.1) is 11.1 Å². The van der Waals surface area contributed by atoms with Gasteiger partial charge in [-0.25, -0.2) is 4.79 Å². The van der Waals surface area contributed by atoms with E-state index in [1.807, 2.05) is 12.1 Å². The van der Waals surface area contributed by atoms with E-state index in [1.54, 1.807) is 0 Å². The zero-order chi connectivity index (χ0) is 15.3. The van der Waals surface area contributed by atoms with E-state index in [-0.39, 0.29) is 5.92 Å². The van der Waals surface area contributed by atoms with Crippen molar-refractivity contribution in [2.45, 2.75) is 32.6 Å². The highest BCUT2D eigenvalue weighted by atomic mass is 79.9. The number of rotatable bonds is 1. The Bertz CT molecular complexity index is 758. The summed E-state index contributed by atoms with van der Waals surface area (Å²) in [4.78, 5) is 16.6. The molecule has 1 N–H and O–H groups in total. The van der Waals surface area contributed by atoms with Crippen molar-refractivity contribution < 1.29 is 9.90 Å². The minimum absolute atomic E-state index is 0.226. The number of benzene rings is 1. The second-order valence-electron chi connectivity index (χ2n) is 5.88. The third-order valence-electron chi connectivity index (χ3n) is 4.13. The van der Waals surface area contributed by atoms with Gasteiger partial charge in [0.15, 0.2) is 0 Å². The van der Waals surface area contributed by atoms with Gasteiger partial charge in [-0.3, -0.25) is 4.98 Å². The fourth-order valence-corrected chi connectivity index (χ4v) is 4.72. The Balaban J connectivity index is 2.45. The Morgan fingerprint density at radius 1 is 1.33 bits per heavy atom. The highest BCUT2D eigenvalue weighted by Crippen LogP contribution is 2.40. The van der Waals surface area contributed by atoms with Gasteiger partial charge in [0.25, 0.3) is 0 Å². The number of carboxylic acid groups (broad SMARTS) is 1. The van der Waals surface area contributed by atoms with Crippen LogP contribution in [-0.2, 0) is 6.42 Å². The van der Waals surface area contributed by atoms with Gasteiger partial charge in [-0.05, 0) is 58.3 Å². The Labute approximate surface area is 140 Å². The van der Waals surface area contributed by atoms with Crippen LogP contribution in [-0.4, -0.2) is 16.1 Å². The normalized spacial score (nSPS) is 21.3. The number of pyridine rings is 1. The predicted molar refractivity (Wildman–Crippen MR) is 90.0 cm³/mol. The van der Waals surface area contributed by atoms with Gasteiger partial charge in [0.2, 0.25) is 0 Å². The van der Waals surface area contributed by atoms with E-state index in [0.717, 1.165) is 38.6 Å². The number of fused-ring (bicyclic) bond motifs is 2. The quantitative estimate of drug-likeness (QED) is 0.704. The summed E-state index contributed by atoms with van der Waals surface area (Å²) in [6, 6.07) is 3.75. The second-order valence-corrected chi connectivity index (χ2v) is 7.65. The first-order chi connectivity index (χ1) is 9.88. The molecular weight excluding hydrogens is 398 g/mol. The Morgan fingerprint density at radius 2 is 2.05 bits per heavy atom. The van der Waals surface area contributed by atoms with Crippen molar-refractivity contribution in [2.75, 3.05) is 0 Å². The van der Waals surface area contributed by atoms with Crippen LogP contribution >= 0.6 is 31.9 Å². The zero-order valence-corrected chi connectivity index (χ0v) is 15.0. The maximum atomic E-state index is 11.9. The number of aromatic carboxylic acids is 1. The smallest absolute Gasteiger partial charge is 0.336 e. The summed E-state index contributed by atoms with van der Waals surface area (Å²) in [6.45, 7) is 4.30. The van der Waals surface area contributed by atoms with Crippen LogP contribution in [0.5, 0.6) is 0 Å². The molecule has 0 saturated heterocycles. The Hall–Kier alpha value is -0.940. The van der Waals surface area contributed by atoms with Gasteiger partial charge in [-0.2, -0.15) is 0 Å². The van der Waals surface area contributed by atoms with Gasteiger partial charge in [0, 0.05) is 20.0 Å². The molecule has 21 heavy (non-hydrogen) atoms. The Kier molecular flexibility index (Phi) is 3.82. The average molecular weight is 413 g/mol. The molecule has 0 fully saturated rings. The summed E-state index contributed by atoms with van der Waals surface area (Å²) in [5.41, 5.74) is 3.00. The lowest BCUT2D eigenvalue weighted by atomic mass is 9.78. The molecule has 2 atom stereocenters. The number of hydrogen-bond donors (Lipinski definition) is 1. The lowest BCUT2D eigenvalue weighted by Crippen LogP contribution is -2.20. The third-order valence-corrected chi connectivity index (χ3v) is 5.19. The van der Waals surface area contributed by atoms with E-state index < -0.39 is 5.97 Å². The topological polar surface area (TPSA) is 50.2 Å². The molecule has 1 heterocycles. The molecule has 2 aromatic rings. The summed E-state index contributed by atoms with van der Waals surface area (Å²) in [5.74, 6) is -0.108. The SMILES string of the molecule is CC1Cc2nc3c(Br)cc(Br)cc3c(C(=O)O)c2C(C)C1. The van der Waals surface area contributed by atoms with Crippen LogP contribution in [0.1, 0.15) is 47.8 Å². The van der Waals surface area contributed by atoms with E-state index in [0.29, 0.717) is 16.9 Å². The molecule has 1 aliphatic carbocycles. The van der Waals surface area contributed by atoms with Gasteiger partial charge in [0.1, 0.15) is 0 Å². The lowest BCUT2D eigenvalue weighted by Gasteiger charge is -2.28. The van der Waals surface area contributed by atoms with Crippen LogP contribution in [0.3, 0.4) is 0 Å². The molecule has 0 spiro atoms. The maximum Gasteiger partial charge on any atom is 0.336 e. The van der Waals surface area contributed by atoms with Crippen molar-refractivity contribution in [3.63, 3.8) is 0 Å². The minimum Gasteiger partial charge on any atom is -0.478 e. The van der Waals surface area contributed by atoms with Crippen LogP contribution in [0.2, 0.25) is 0 Å². The summed E-state index contributed by atoms with van der Waals surface area (Å²) in [5, 5.41) is 10.4. The van der Waals surface area contributed by atoms with Crippen molar-refractivity contribution in [3.8, 4) is 0 Å². The molecule has 2 unspecified atom stereocenters. The summed E-state index contributed by atoms with van der Waals surface area (Å²) in [7, 11) is 0. The van der Waals surface area contributed by atoms with Gasteiger partial charge < -0.3 is 5.11 Å². The first-order valence-corrected chi connectivity index (χ1v) is 8.52. The molecule has 0 saturated carbocycles. The van der Waals surface area contributed by atoms with Gasteiger partial charge in [-0.15, -0.1) is 0 Å². The highest BCUT2D eigenvalue weighted by molar-refractivity contribution is 9.11. The molecule has 110 valence electrons. The highest BCUT2D eigenvalue weighted by Gasteiger charge is 2.30. The standard InChI is InChI=1S/C16H15Br2NO2/c1-7-3-8(2)13-12(4-7)19-15-10(14(13)16(20)21)5-9(17)6-11(15)18/h5-8H,3-4H2,1-2H3,(H,20,21). The second kappa shape index (κ2) is 5.36. The summed E-state index contributed by atoms with van der Waals surface area (Å²) >= 11 is 6.94. The number of aromatic nitrogens is 1. The molecule has 0 amide bonds. The molecule has 1 aliphatic rings. The van der Waals surface area contributed by atoms with Crippen molar-refractivity contribution in [1.82, 2.24) is 4.98 Å². The van der Waals surface area contributed by atoms with E-state index in [4.69, 9.17) is 4.98 Å². The first-order valence-electron chi connectivity index (χ1n) is 6.93. The monoisotopic (exact) mass is 411 g/mol. The predicted octanol–water partition coefficient (Wildman–Crippen LogP) is 5.14. The van der Waals surface area contributed by atoms with Crippen LogP contribution in [0.25, 0.3) is 10.9 Å². The zero-order valence-electron chi connectivity index (χ0n) is 11.8. The van der Waals surface area contributed by atoms with E-state index in [1.165, 1.54) is 0 Å². The van der Waals surface area contributed by atoms with Crippen molar-refractivity contribution in [1.29, 1.82) is 0 Å². The fraction of sp³-hybridized carbons (Fsp3) is 0.375. The van der Waals surface area contributed by atoms with Crippen molar-refractivity contribution >= 4 is 48.7 Å². The molecule has 5 heteroatoms. The van der Waals surface area contributed by atoms with Crippen LogP contribution in [0.4, 0.5) is 0 Å². The fourth-order valence-electron chi connectivity index (χ4n) is 3.41. The number of halogens is 2. The minimum atomic E-state index is -0.870. The van der Waals surface area contributed by atoms with Gasteiger partial charge in [-0.1, -0.05) is 29.8 Å². The molecule has 0 bridgehead atoms. The maximum absolute atomic E-state index is 11.9. The van der Waals surface area contributed by atoms with E-state index in [2.05, 4.69) is 45.7 Å². The summed E-state index contributed by atoms with van der Waals surface area (Å²) < 4.78 is 1.67. The molecule has 1 aromatic heterocycles. The number of carboxylic acids is 1. The lowest BCUT2D eigenvalue weighted by molar-refractivity contribution is 0.0696. The van der Waals surface area contributed by atoms with Crippen LogP contribution < -0.4 is 0 Å². The molecule has 3 nitrogen and oxygen atoms in total. The molecule has 3 rings (SSSR count). The largest absolute Gasteiger partial charge is 0.478 e. The van der Waals surface area contributed by atoms with Crippen molar-refractivity contribution in [3.05, 3.63) is 37.9 Å². The average Bonchev–Trinajstić information content (AvgIpc) is 2.36.